The molecule has 192 valence electrons. The smallest absolute Gasteiger partial charge is 0.0746 e. The number of fused-ring (bicyclic) bond motifs is 7. The molecule has 0 saturated heterocycles. The largest absolute Gasteiger partial charge is 0.255 e. The van der Waals surface area contributed by atoms with Gasteiger partial charge >= 0.3 is 0 Å². The van der Waals surface area contributed by atoms with Crippen LogP contribution in [0.4, 0.5) is 0 Å². The van der Waals surface area contributed by atoms with Crippen molar-refractivity contribution in [2.45, 2.75) is 38.5 Å². The van der Waals surface area contributed by atoms with E-state index in [4.69, 9.17) is 9.97 Å². The van der Waals surface area contributed by atoms with E-state index in [0.29, 0.717) is 0 Å². The normalized spacial score (nSPS) is 15.4. The molecule has 8 rings (SSSR count). The summed E-state index contributed by atoms with van der Waals surface area (Å²) in [5, 5.41) is 1.15. The summed E-state index contributed by atoms with van der Waals surface area (Å²) in [6.07, 6.45) is 1.98. The molecule has 0 unspecified atom stereocenters. The first-order chi connectivity index (χ1) is 19.3. The third-order valence-electron chi connectivity index (χ3n) is 9.32. The van der Waals surface area contributed by atoms with Gasteiger partial charge in [0, 0.05) is 33.5 Å². The second kappa shape index (κ2) is 7.99. The Kier molecular flexibility index (Phi) is 4.66. The van der Waals surface area contributed by atoms with Gasteiger partial charge in [0.25, 0.3) is 0 Å². The Morgan fingerprint density at radius 2 is 1.12 bits per heavy atom. The van der Waals surface area contributed by atoms with Gasteiger partial charge < -0.3 is 0 Å². The molecule has 0 saturated carbocycles. The number of aromatic nitrogens is 2. The molecule has 6 aromatic rings. The molecule has 0 spiro atoms. The van der Waals surface area contributed by atoms with Crippen LogP contribution in [0.15, 0.2) is 109 Å². The van der Waals surface area contributed by atoms with E-state index < -0.39 is 0 Å². The molecule has 0 N–H and O–H groups in total. The van der Waals surface area contributed by atoms with E-state index in [1.54, 1.807) is 0 Å². The van der Waals surface area contributed by atoms with Crippen LogP contribution in [-0.2, 0) is 10.8 Å². The highest BCUT2D eigenvalue weighted by molar-refractivity contribution is 5.87. The molecule has 0 radical (unpaired) electrons. The number of rotatable bonds is 2. The Morgan fingerprint density at radius 1 is 0.500 bits per heavy atom. The minimum Gasteiger partial charge on any atom is -0.255 e. The number of nitrogens with zero attached hydrogens (tertiary/aromatic N) is 2. The van der Waals surface area contributed by atoms with Crippen LogP contribution in [0.1, 0.15) is 49.9 Å². The van der Waals surface area contributed by atoms with E-state index in [-0.39, 0.29) is 10.8 Å². The van der Waals surface area contributed by atoms with Gasteiger partial charge in [0.05, 0.1) is 16.9 Å². The molecule has 0 fully saturated rings. The third-order valence-corrected chi connectivity index (χ3v) is 9.32. The molecular weight excluding hydrogens is 484 g/mol. The summed E-state index contributed by atoms with van der Waals surface area (Å²) in [6.45, 7) is 9.33. The van der Waals surface area contributed by atoms with Crippen LogP contribution in [0.3, 0.4) is 0 Å². The zero-order valence-electron chi connectivity index (χ0n) is 23.3. The van der Waals surface area contributed by atoms with E-state index in [9.17, 15) is 0 Å². The standard InChI is InChI=1S/C38H30N2/c1-37(2)30-11-7-6-10-27(30)28-16-13-24(19-31(28)37)25-14-17-29-32(20-25)38(3,4)33-21-26(22-39-36(29)33)35-18-15-23-9-5-8-12-34(23)40-35/h5-22H,1-4H3. The topological polar surface area (TPSA) is 25.8 Å². The van der Waals surface area contributed by atoms with Crippen molar-refractivity contribution < 1.29 is 0 Å². The van der Waals surface area contributed by atoms with Gasteiger partial charge in [-0.05, 0) is 74.8 Å². The van der Waals surface area contributed by atoms with Crippen molar-refractivity contribution >= 4 is 10.9 Å². The monoisotopic (exact) mass is 514 g/mol. The fraction of sp³-hybridized carbons (Fsp3) is 0.158. The second-order valence-electron chi connectivity index (χ2n) is 12.3. The SMILES string of the molecule is CC1(C)c2ccccc2-c2ccc(-c3ccc4c(c3)C(C)(C)c3cc(-c5ccc6ccccc6n5)cnc3-4)cc21. The Morgan fingerprint density at radius 3 is 1.95 bits per heavy atom. The highest BCUT2D eigenvalue weighted by atomic mass is 14.7. The Bertz CT molecular complexity index is 2010. The van der Waals surface area contributed by atoms with Gasteiger partial charge in [0.2, 0.25) is 0 Å². The molecule has 0 bridgehead atoms. The van der Waals surface area contributed by atoms with E-state index in [0.717, 1.165) is 27.9 Å². The van der Waals surface area contributed by atoms with Gasteiger partial charge in [-0.3, -0.25) is 4.98 Å². The van der Waals surface area contributed by atoms with Crippen LogP contribution in [0.25, 0.3) is 55.7 Å². The van der Waals surface area contributed by atoms with Crippen molar-refractivity contribution in [1.82, 2.24) is 9.97 Å². The summed E-state index contributed by atoms with van der Waals surface area (Å²) in [5.41, 5.74) is 15.8. The third kappa shape index (κ3) is 3.17. The van der Waals surface area contributed by atoms with Gasteiger partial charge in [-0.2, -0.15) is 0 Å². The zero-order chi connectivity index (χ0) is 27.2. The minimum atomic E-state index is -0.160. The predicted octanol–water partition coefficient (Wildman–Crippen LogP) is 9.58. The fourth-order valence-electron chi connectivity index (χ4n) is 7.00. The molecular formula is C38H30N2. The maximum absolute atomic E-state index is 5.00. The first-order valence-corrected chi connectivity index (χ1v) is 14.1. The highest BCUT2D eigenvalue weighted by Gasteiger charge is 2.38. The molecule has 0 aliphatic heterocycles. The summed E-state index contributed by atoms with van der Waals surface area (Å²) in [5.74, 6) is 0. The summed E-state index contributed by atoms with van der Waals surface area (Å²) in [7, 11) is 0. The van der Waals surface area contributed by atoms with Gasteiger partial charge in [-0.25, -0.2) is 4.98 Å². The number of pyridine rings is 2. The fourth-order valence-corrected chi connectivity index (χ4v) is 7.00. The lowest BCUT2D eigenvalue weighted by atomic mass is 9.80. The van der Waals surface area contributed by atoms with E-state index in [2.05, 4.69) is 125 Å². The molecule has 2 heterocycles. The average molecular weight is 515 g/mol. The van der Waals surface area contributed by atoms with E-state index >= 15 is 0 Å². The molecule has 2 heteroatoms. The predicted molar refractivity (Wildman–Crippen MR) is 166 cm³/mol. The zero-order valence-corrected chi connectivity index (χ0v) is 23.3. The van der Waals surface area contributed by atoms with Gasteiger partial charge in [0.15, 0.2) is 0 Å². The summed E-state index contributed by atoms with van der Waals surface area (Å²) in [6, 6.07) is 37.6. The lowest BCUT2D eigenvalue weighted by Gasteiger charge is -2.23. The Balaban J connectivity index is 1.20. The molecule has 2 aliphatic rings. The quantitative estimate of drug-likeness (QED) is 0.230. The van der Waals surface area contributed by atoms with E-state index in [1.807, 2.05) is 12.3 Å². The second-order valence-corrected chi connectivity index (χ2v) is 12.3. The van der Waals surface area contributed by atoms with Crippen molar-refractivity contribution in [3.05, 3.63) is 132 Å². The lowest BCUT2D eigenvalue weighted by molar-refractivity contribution is 0.659. The Hall–Kier alpha value is -4.56. The number of para-hydroxylation sites is 1. The van der Waals surface area contributed by atoms with Crippen molar-refractivity contribution in [3.8, 4) is 44.8 Å². The minimum absolute atomic E-state index is 0.00864. The molecule has 4 aromatic carbocycles. The van der Waals surface area contributed by atoms with Gasteiger partial charge in [-0.1, -0.05) is 100 Å². The van der Waals surface area contributed by atoms with Crippen LogP contribution in [0, 0.1) is 0 Å². The maximum Gasteiger partial charge on any atom is 0.0746 e. The van der Waals surface area contributed by atoms with Crippen LogP contribution >= 0.6 is 0 Å². The molecule has 2 nitrogen and oxygen atoms in total. The number of hydrogen-bond acceptors (Lipinski definition) is 2. The van der Waals surface area contributed by atoms with Crippen LogP contribution < -0.4 is 0 Å². The first kappa shape index (κ1) is 23.3. The molecule has 2 aromatic heterocycles. The van der Waals surface area contributed by atoms with Gasteiger partial charge in [-0.15, -0.1) is 0 Å². The molecule has 2 aliphatic carbocycles. The molecule has 0 amide bonds. The van der Waals surface area contributed by atoms with Crippen LogP contribution in [-0.4, -0.2) is 9.97 Å². The summed E-state index contributed by atoms with van der Waals surface area (Å²) in [4.78, 5) is 9.94. The van der Waals surface area contributed by atoms with Gasteiger partial charge in [0.1, 0.15) is 0 Å². The summed E-state index contributed by atoms with van der Waals surface area (Å²) >= 11 is 0. The lowest BCUT2D eigenvalue weighted by Crippen LogP contribution is -2.15. The molecule has 40 heavy (non-hydrogen) atoms. The number of benzene rings is 4. The first-order valence-electron chi connectivity index (χ1n) is 14.1. The van der Waals surface area contributed by atoms with Crippen LogP contribution in [0.2, 0.25) is 0 Å². The summed E-state index contributed by atoms with van der Waals surface area (Å²) < 4.78 is 0. The maximum atomic E-state index is 5.00. The van der Waals surface area contributed by atoms with Crippen molar-refractivity contribution in [3.63, 3.8) is 0 Å². The highest BCUT2D eigenvalue weighted by Crippen LogP contribution is 2.52. The number of hydrogen-bond donors (Lipinski definition) is 0. The van der Waals surface area contributed by atoms with Crippen LogP contribution in [0.5, 0.6) is 0 Å². The molecule has 0 atom stereocenters. The van der Waals surface area contributed by atoms with E-state index in [1.165, 1.54) is 50.1 Å². The van der Waals surface area contributed by atoms with Crippen molar-refractivity contribution in [1.29, 1.82) is 0 Å². The van der Waals surface area contributed by atoms with Crippen molar-refractivity contribution in [2.75, 3.05) is 0 Å². The average Bonchev–Trinajstić information content (AvgIpc) is 3.35. The van der Waals surface area contributed by atoms with Crippen molar-refractivity contribution in [2.24, 2.45) is 0 Å². The Labute approximate surface area is 235 Å².